The van der Waals surface area contributed by atoms with Gasteiger partial charge in [-0.15, -0.1) is 0 Å². The molecule has 1 aliphatic rings. The zero-order valence-corrected chi connectivity index (χ0v) is 11.9. The second kappa shape index (κ2) is 4.07. The maximum Gasteiger partial charge on any atom is 0.156 e. The van der Waals surface area contributed by atoms with Crippen molar-refractivity contribution < 1.29 is 13.5 Å². The van der Waals surface area contributed by atoms with Gasteiger partial charge in [0.05, 0.1) is 10.3 Å². The van der Waals surface area contributed by atoms with Crippen molar-refractivity contribution in [3.63, 3.8) is 0 Å². The predicted molar refractivity (Wildman–Crippen MR) is 72.2 cm³/mol. The van der Waals surface area contributed by atoms with Gasteiger partial charge in [-0.05, 0) is 37.8 Å². The molecule has 0 bridgehead atoms. The van der Waals surface area contributed by atoms with Crippen LogP contribution in [0.15, 0.2) is 24.3 Å². The molecule has 0 unspecified atom stereocenters. The van der Waals surface area contributed by atoms with Crippen molar-refractivity contribution in [1.82, 2.24) is 0 Å². The van der Waals surface area contributed by atoms with Crippen LogP contribution in [0.4, 0.5) is 0 Å². The number of sulfone groups is 1. The molecule has 0 saturated heterocycles. The summed E-state index contributed by atoms with van der Waals surface area (Å²) in [7, 11) is -3.14. The summed E-state index contributed by atoms with van der Waals surface area (Å²) in [4.78, 5) is 0. The third-order valence-corrected chi connectivity index (χ3v) is 6.03. The van der Waals surface area contributed by atoms with Gasteiger partial charge in [0.2, 0.25) is 0 Å². The average Bonchev–Trinajstić information content (AvgIpc) is 2.95. The molecule has 1 aliphatic carbocycles. The van der Waals surface area contributed by atoms with Crippen LogP contribution in [0.3, 0.4) is 0 Å². The highest BCUT2D eigenvalue weighted by molar-refractivity contribution is 7.91. The van der Waals surface area contributed by atoms with Gasteiger partial charge in [-0.1, -0.05) is 24.3 Å². The lowest BCUT2D eigenvalue weighted by atomic mass is 9.98. The molecule has 1 saturated carbocycles. The first-order valence-electron chi connectivity index (χ1n) is 6.15. The normalized spacial score (nSPS) is 18.7. The van der Waals surface area contributed by atoms with Crippen LogP contribution in [-0.4, -0.2) is 25.4 Å². The molecular weight excluding hydrogens is 248 g/mol. The summed E-state index contributed by atoms with van der Waals surface area (Å²) in [5.74, 6) is 0. The summed E-state index contributed by atoms with van der Waals surface area (Å²) in [6.07, 6.45) is 3.65. The molecule has 1 aromatic carbocycles. The summed E-state index contributed by atoms with van der Waals surface area (Å²) < 4.78 is 22.6. The summed E-state index contributed by atoms with van der Waals surface area (Å²) >= 11 is 0. The Hall–Kier alpha value is -0.870. The van der Waals surface area contributed by atoms with Crippen molar-refractivity contribution in [1.29, 1.82) is 0 Å². The molecule has 0 aliphatic heterocycles. The quantitative estimate of drug-likeness (QED) is 0.909. The fraction of sp³-hybridized carbons (Fsp3) is 0.571. The van der Waals surface area contributed by atoms with Gasteiger partial charge in [0.1, 0.15) is 0 Å². The van der Waals surface area contributed by atoms with Crippen LogP contribution < -0.4 is 0 Å². The molecule has 0 radical (unpaired) electrons. The van der Waals surface area contributed by atoms with E-state index in [0.717, 1.165) is 24.0 Å². The monoisotopic (exact) mass is 268 g/mol. The second-order valence-corrected chi connectivity index (χ2v) is 8.45. The highest BCUT2D eigenvalue weighted by Gasteiger charge is 2.40. The molecule has 4 heteroatoms. The fourth-order valence-electron chi connectivity index (χ4n) is 1.94. The van der Waals surface area contributed by atoms with Crippen molar-refractivity contribution in [2.75, 3.05) is 6.26 Å². The zero-order valence-electron chi connectivity index (χ0n) is 11.1. The molecule has 0 spiro atoms. The van der Waals surface area contributed by atoms with Gasteiger partial charge in [0.15, 0.2) is 9.84 Å². The third-order valence-electron chi connectivity index (χ3n) is 3.94. The minimum Gasteiger partial charge on any atom is -0.390 e. The second-order valence-electron chi connectivity index (χ2n) is 5.88. The first kappa shape index (κ1) is 13.6. The molecule has 1 fully saturated rings. The Morgan fingerprint density at radius 2 is 1.72 bits per heavy atom. The van der Waals surface area contributed by atoms with Crippen LogP contribution in [0.2, 0.25) is 0 Å². The Labute approximate surface area is 109 Å². The van der Waals surface area contributed by atoms with E-state index >= 15 is 0 Å². The van der Waals surface area contributed by atoms with Gasteiger partial charge in [-0.25, -0.2) is 8.42 Å². The van der Waals surface area contributed by atoms with E-state index in [2.05, 4.69) is 0 Å². The first-order valence-corrected chi connectivity index (χ1v) is 8.05. The van der Waals surface area contributed by atoms with Crippen LogP contribution in [0.5, 0.6) is 0 Å². The topological polar surface area (TPSA) is 54.4 Å². The summed E-state index contributed by atoms with van der Waals surface area (Å²) in [5.41, 5.74) is 1.34. The highest BCUT2D eigenvalue weighted by Crippen LogP contribution is 2.38. The summed E-state index contributed by atoms with van der Waals surface area (Å²) in [6, 6.07) is 7.53. The summed E-state index contributed by atoms with van der Waals surface area (Å²) in [6.45, 7) is 3.43. The van der Waals surface area contributed by atoms with E-state index in [0.29, 0.717) is 6.42 Å². The maximum atomic E-state index is 11.7. The fourth-order valence-corrected chi connectivity index (χ4v) is 2.50. The minimum atomic E-state index is -3.14. The molecule has 0 atom stereocenters. The van der Waals surface area contributed by atoms with Gasteiger partial charge in [-0.3, -0.25) is 0 Å². The lowest BCUT2D eigenvalue weighted by Crippen LogP contribution is -2.28. The van der Waals surface area contributed by atoms with Crippen LogP contribution in [0, 0.1) is 0 Å². The van der Waals surface area contributed by atoms with Crippen LogP contribution in [0.25, 0.3) is 0 Å². The molecule has 100 valence electrons. The van der Waals surface area contributed by atoms with Gasteiger partial charge >= 0.3 is 0 Å². The molecule has 1 aromatic rings. The molecular formula is C14H20O3S. The Bertz CT molecular complexity index is 537. The molecule has 1 N–H and O–H groups in total. The Morgan fingerprint density at radius 1 is 1.22 bits per heavy atom. The number of aliphatic hydroxyl groups is 1. The number of benzene rings is 1. The van der Waals surface area contributed by atoms with E-state index in [9.17, 15) is 13.5 Å². The molecule has 0 amide bonds. The Kier molecular flexibility index (Phi) is 3.06. The molecule has 0 aromatic heterocycles. The van der Waals surface area contributed by atoms with Crippen molar-refractivity contribution in [3.05, 3.63) is 35.4 Å². The maximum absolute atomic E-state index is 11.7. The molecule has 2 rings (SSSR count). The van der Waals surface area contributed by atoms with Crippen molar-refractivity contribution in [2.45, 2.75) is 43.5 Å². The number of hydrogen-bond donors (Lipinski definition) is 1. The standard InChI is InChI=1S/C14H20O3S/c1-13(2,18(3,16)17)12-6-4-11(5-7-12)10-14(15)8-9-14/h4-7,15H,8-10H2,1-3H3. The van der Waals surface area contributed by atoms with Crippen LogP contribution in [0.1, 0.15) is 37.8 Å². The van der Waals surface area contributed by atoms with Crippen LogP contribution >= 0.6 is 0 Å². The van der Waals surface area contributed by atoms with E-state index in [1.165, 1.54) is 6.26 Å². The van der Waals surface area contributed by atoms with Gasteiger partial charge < -0.3 is 5.11 Å². The van der Waals surface area contributed by atoms with E-state index in [1.807, 2.05) is 24.3 Å². The van der Waals surface area contributed by atoms with Gasteiger partial charge in [0.25, 0.3) is 0 Å². The van der Waals surface area contributed by atoms with E-state index in [4.69, 9.17) is 0 Å². The van der Waals surface area contributed by atoms with Crippen molar-refractivity contribution in [3.8, 4) is 0 Å². The van der Waals surface area contributed by atoms with Gasteiger partial charge in [-0.2, -0.15) is 0 Å². The third kappa shape index (κ3) is 2.59. The van der Waals surface area contributed by atoms with Crippen molar-refractivity contribution in [2.24, 2.45) is 0 Å². The first-order chi connectivity index (χ1) is 8.14. The number of rotatable bonds is 4. The van der Waals surface area contributed by atoms with Gasteiger partial charge in [0, 0.05) is 12.7 Å². The lowest BCUT2D eigenvalue weighted by molar-refractivity contribution is 0.151. The Morgan fingerprint density at radius 3 is 2.11 bits per heavy atom. The van der Waals surface area contributed by atoms with Crippen molar-refractivity contribution >= 4 is 9.84 Å². The lowest BCUT2D eigenvalue weighted by Gasteiger charge is -2.23. The van der Waals surface area contributed by atoms with E-state index in [-0.39, 0.29) is 0 Å². The molecule has 3 nitrogen and oxygen atoms in total. The van der Waals surface area contributed by atoms with E-state index in [1.54, 1.807) is 13.8 Å². The minimum absolute atomic E-state index is 0.506. The smallest absolute Gasteiger partial charge is 0.156 e. The summed E-state index contributed by atoms with van der Waals surface area (Å²) in [5, 5.41) is 9.84. The predicted octanol–water partition coefficient (Wildman–Crippen LogP) is 2.03. The average molecular weight is 268 g/mol. The molecule has 18 heavy (non-hydrogen) atoms. The largest absolute Gasteiger partial charge is 0.390 e. The zero-order chi connectivity index (χ0) is 13.6. The highest BCUT2D eigenvalue weighted by atomic mass is 32.2. The molecule has 0 heterocycles. The van der Waals surface area contributed by atoms with Crippen LogP contribution in [-0.2, 0) is 21.0 Å². The Balaban J connectivity index is 2.22. The number of hydrogen-bond acceptors (Lipinski definition) is 3. The van der Waals surface area contributed by atoms with E-state index < -0.39 is 20.2 Å². The SMILES string of the molecule is CC(C)(c1ccc(CC2(O)CC2)cc1)S(C)(=O)=O.